The maximum absolute atomic E-state index is 13.5. The van der Waals surface area contributed by atoms with Crippen LogP contribution in [-0.2, 0) is 0 Å². The van der Waals surface area contributed by atoms with Gasteiger partial charge in [-0.1, -0.05) is 22.0 Å². The predicted octanol–water partition coefficient (Wildman–Crippen LogP) is 3.84. The van der Waals surface area contributed by atoms with Gasteiger partial charge in [0.2, 0.25) is 0 Å². The molecule has 0 aliphatic rings. The molecule has 0 aliphatic carbocycles. The van der Waals surface area contributed by atoms with Crippen molar-refractivity contribution >= 4 is 27.0 Å². The number of phenolic OH excluding ortho intramolecular Hbond substituents is 1. The number of para-hydroxylation sites is 1. The average molecular weight is 307 g/mol. The summed E-state index contributed by atoms with van der Waals surface area (Å²) in [7, 11) is 0. The molecule has 3 aromatic rings. The Morgan fingerprint density at radius 1 is 1.22 bits per heavy atom. The summed E-state index contributed by atoms with van der Waals surface area (Å²) in [5.74, 6) is 0.149. The Bertz CT molecular complexity index is 739. The van der Waals surface area contributed by atoms with Crippen molar-refractivity contribution in [1.29, 1.82) is 0 Å². The van der Waals surface area contributed by atoms with E-state index in [0.717, 1.165) is 4.47 Å². The highest BCUT2D eigenvalue weighted by Gasteiger charge is 2.11. The molecular formula is C13H8BrFN2O. The SMILES string of the molecule is Oc1cc(Br)ccc1-c1nc2c(F)cccc2[nH]1. The van der Waals surface area contributed by atoms with Gasteiger partial charge in [-0.05, 0) is 30.3 Å². The molecule has 0 amide bonds. The lowest BCUT2D eigenvalue weighted by Gasteiger charge is -2.00. The van der Waals surface area contributed by atoms with Crippen LogP contribution in [0.25, 0.3) is 22.4 Å². The van der Waals surface area contributed by atoms with E-state index in [1.807, 2.05) is 0 Å². The van der Waals surface area contributed by atoms with Crippen molar-refractivity contribution in [2.45, 2.75) is 0 Å². The Morgan fingerprint density at radius 3 is 2.78 bits per heavy atom. The zero-order chi connectivity index (χ0) is 12.7. The van der Waals surface area contributed by atoms with Crippen LogP contribution in [0.5, 0.6) is 5.75 Å². The molecule has 0 aliphatic heterocycles. The summed E-state index contributed by atoms with van der Waals surface area (Å²) in [5.41, 5.74) is 1.41. The van der Waals surface area contributed by atoms with Gasteiger partial charge in [0.1, 0.15) is 17.1 Å². The fourth-order valence-corrected chi connectivity index (χ4v) is 2.18. The van der Waals surface area contributed by atoms with Gasteiger partial charge in [0.25, 0.3) is 0 Å². The quantitative estimate of drug-likeness (QED) is 0.717. The molecule has 2 aromatic carbocycles. The summed E-state index contributed by atoms with van der Waals surface area (Å²) in [5, 5.41) is 9.86. The number of aromatic nitrogens is 2. The second kappa shape index (κ2) is 4.10. The highest BCUT2D eigenvalue weighted by atomic mass is 79.9. The van der Waals surface area contributed by atoms with Crippen molar-refractivity contribution in [3.05, 3.63) is 46.7 Å². The number of phenols is 1. The molecule has 0 fully saturated rings. The predicted molar refractivity (Wildman–Crippen MR) is 70.9 cm³/mol. The molecule has 18 heavy (non-hydrogen) atoms. The lowest BCUT2D eigenvalue weighted by atomic mass is 10.2. The first-order valence-corrected chi connectivity index (χ1v) is 6.07. The summed E-state index contributed by atoms with van der Waals surface area (Å²) in [6.07, 6.45) is 0. The van der Waals surface area contributed by atoms with Gasteiger partial charge in [-0.25, -0.2) is 9.37 Å². The number of halogens is 2. The van der Waals surface area contributed by atoms with Gasteiger partial charge in [0.05, 0.1) is 11.1 Å². The fraction of sp³-hybridized carbons (Fsp3) is 0. The summed E-state index contributed by atoms with van der Waals surface area (Å²) < 4.78 is 14.3. The number of rotatable bonds is 1. The van der Waals surface area contributed by atoms with Crippen LogP contribution >= 0.6 is 15.9 Å². The van der Waals surface area contributed by atoms with E-state index in [4.69, 9.17) is 0 Å². The monoisotopic (exact) mass is 306 g/mol. The van der Waals surface area contributed by atoms with E-state index < -0.39 is 0 Å². The number of H-pyrrole nitrogens is 1. The van der Waals surface area contributed by atoms with Crippen molar-refractivity contribution in [2.24, 2.45) is 0 Å². The minimum absolute atomic E-state index is 0.0869. The zero-order valence-corrected chi connectivity index (χ0v) is 10.7. The molecule has 1 heterocycles. The third-order valence-electron chi connectivity index (χ3n) is 2.68. The van der Waals surface area contributed by atoms with Crippen LogP contribution in [0.3, 0.4) is 0 Å². The van der Waals surface area contributed by atoms with Crippen LogP contribution in [0.4, 0.5) is 4.39 Å². The number of hydrogen-bond donors (Lipinski definition) is 2. The molecule has 2 N–H and O–H groups in total. The number of aromatic hydroxyl groups is 1. The zero-order valence-electron chi connectivity index (χ0n) is 9.11. The van der Waals surface area contributed by atoms with E-state index in [9.17, 15) is 9.50 Å². The Morgan fingerprint density at radius 2 is 2.06 bits per heavy atom. The Kier molecular flexibility index (Phi) is 2.56. The second-order valence-corrected chi connectivity index (χ2v) is 4.80. The Hall–Kier alpha value is -1.88. The van der Waals surface area contributed by atoms with Crippen molar-refractivity contribution in [3.63, 3.8) is 0 Å². The minimum atomic E-state index is -0.383. The lowest BCUT2D eigenvalue weighted by Crippen LogP contribution is -1.81. The number of fused-ring (bicyclic) bond motifs is 1. The maximum Gasteiger partial charge on any atom is 0.151 e. The van der Waals surface area contributed by atoms with Gasteiger partial charge >= 0.3 is 0 Å². The average Bonchev–Trinajstić information content (AvgIpc) is 2.74. The number of imidazole rings is 1. The van der Waals surface area contributed by atoms with E-state index in [-0.39, 0.29) is 17.1 Å². The minimum Gasteiger partial charge on any atom is -0.507 e. The highest BCUT2D eigenvalue weighted by Crippen LogP contribution is 2.31. The Balaban J connectivity index is 2.23. The number of benzene rings is 2. The van der Waals surface area contributed by atoms with Gasteiger partial charge < -0.3 is 10.1 Å². The summed E-state index contributed by atoms with van der Waals surface area (Å²) in [6.45, 7) is 0. The van der Waals surface area contributed by atoms with Crippen molar-refractivity contribution in [2.75, 3.05) is 0 Å². The molecule has 0 radical (unpaired) electrons. The summed E-state index contributed by atoms with van der Waals surface area (Å²) in [6, 6.07) is 9.78. The smallest absolute Gasteiger partial charge is 0.151 e. The third-order valence-corrected chi connectivity index (χ3v) is 3.17. The molecule has 5 heteroatoms. The summed E-state index contributed by atoms with van der Waals surface area (Å²) >= 11 is 3.26. The summed E-state index contributed by atoms with van der Waals surface area (Å²) in [4.78, 5) is 7.15. The van der Waals surface area contributed by atoms with E-state index in [2.05, 4.69) is 25.9 Å². The van der Waals surface area contributed by atoms with Gasteiger partial charge in [-0.15, -0.1) is 0 Å². The molecular weight excluding hydrogens is 299 g/mol. The van der Waals surface area contributed by atoms with Crippen molar-refractivity contribution < 1.29 is 9.50 Å². The van der Waals surface area contributed by atoms with Crippen molar-refractivity contribution in [1.82, 2.24) is 9.97 Å². The maximum atomic E-state index is 13.5. The number of nitrogens with one attached hydrogen (secondary N) is 1. The fourth-order valence-electron chi connectivity index (χ4n) is 1.83. The lowest BCUT2D eigenvalue weighted by molar-refractivity contribution is 0.476. The van der Waals surface area contributed by atoms with Gasteiger partial charge in [0, 0.05) is 4.47 Å². The standard InChI is InChI=1S/C13H8BrFN2O/c14-7-4-5-8(11(18)6-7)13-16-10-3-1-2-9(15)12(10)17-13/h1-6,18H,(H,16,17). The van der Waals surface area contributed by atoms with Gasteiger partial charge in [-0.2, -0.15) is 0 Å². The normalized spacial score (nSPS) is 11.0. The second-order valence-electron chi connectivity index (χ2n) is 3.88. The van der Waals surface area contributed by atoms with Gasteiger partial charge in [0.15, 0.2) is 5.82 Å². The molecule has 0 spiro atoms. The van der Waals surface area contributed by atoms with Crippen LogP contribution in [0.15, 0.2) is 40.9 Å². The van der Waals surface area contributed by atoms with E-state index in [0.29, 0.717) is 16.9 Å². The number of aromatic amines is 1. The van der Waals surface area contributed by atoms with E-state index in [1.54, 1.807) is 30.3 Å². The topological polar surface area (TPSA) is 48.9 Å². The molecule has 0 saturated carbocycles. The first kappa shape index (κ1) is 11.2. The van der Waals surface area contributed by atoms with Crippen LogP contribution in [0, 0.1) is 5.82 Å². The largest absolute Gasteiger partial charge is 0.507 e. The molecule has 1 aromatic heterocycles. The Labute approximate surface area is 110 Å². The van der Waals surface area contributed by atoms with Crippen LogP contribution < -0.4 is 0 Å². The van der Waals surface area contributed by atoms with Crippen LogP contribution in [0.1, 0.15) is 0 Å². The highest BCUT2D eigenvalue weighted by molar-refractivity contribution is 9.10. The molecule has 3 rings (SSSR count). The molecule has 3 nitrogen and oxygen atoms in total. The van der Waals surface area contributed by atoms with E-state index >= 15 is 0 Å². The number of hydrogen-bond acceptors (Lipinski definition) is 2. The number of nitrogens with zero attached hydrogens (tertiary/aromatic N) is 1. The molecule has 0 atom stereocenters. The first-order valence-electron chi connectivity index (χ1n) is 5.28. The third kappa shape index (κ3) is 1.76. The van der Waals surface area contributed by atoms with Crippen molar-refractivity contribution in [3.8, 4) is 17.1 Å². The van der Waals surface area contributed by atoms with Gasteiger partial charge in [-0.3, -0.25) is 0 Å². The first-order chi connectivity index (χ1) is 8.65. The molecule has 90 valence electrons. The van der Waals surface area contributed by atoms with E-state index in [1.165, 1.54) is 6.07 Å². The molecule has 0 bridgehead atoms. The molecule has 0 unspecified atom stereocenters. The van der Waals surface area contributed by atoms with Crippen LogP contribution in [0.2, 0.25) is 0 Å². The molecule has 0 saturated heterocycles. The van der Waals surface area contributed by atoms with Crippen LogP contribution in [-0.4, -0.2) is 15.1 Å².